The molecule has 5 heteroatoms. The molecule has 1 unspecified atom stereocenters. The van der Waals surface area contributed by atoms with Crippen molar-refractivity contribution in [3.05, 3.63) is 16.0 Å². The fourth-order valence-corrected chi connectivity index (χ4v) is 3.47. The molecule has 0 bridgehead atoms. The molecular weight excluding hydrogens is 330 g/mol. The molecule has 2 rings (SSSR count). The summed E-state index contributed by atoms with van der Waals surface area (Å²) in [6, 6.07) is 0. The smallest absolute Gasteiger partial charge is 0.160 e. The number of hydrogen-bond donors (Lipinski definition) is 1. The molecule has 2 N–H and O–H groups in total. The lowest BCUT2D eigenvalue weighted by atomic mass is 9.85. The Morgan fingerprint density at radius 1 is 1.24 bits per heavy atom. The standard InChI is InChI=1S/C16H26BrN3O/c1-10(2)9-12-13(17)15(18)20-16(19-12)14(21-3)11-7-5-4-6-8-11/h10-11,14H,4-9H2,1-3H3,(H2,18,19,20). The number of nitrogens with two attached hydrogens (primary N) is 1. The molecule has 1 saturated carbocycles. The predicted molar refractivity (Wildman–Crippen MR) is 89.0 cm³/mol. The summed E-state index contributed by atoms with van der Waals surface area (Å²) < 4.78 is 6.57. The van der Waals surface area contributed by atoms with E-state index in [-0.39, 0.29) is 6.10 Å². The van der Waals surface area contributed by atoms with Crippen LogP contribution in [0, 0.1) is 11.8 Å². The van der Waals surface area contributed by atoms with E-state index in [0.29, 0.717) is 17.7 Å². The summed E-state index contributed by atoms with van der Waals surface area (Å²) in [6.07, 6.45) is 7.11. The van der Waals surface area contributed by atoms with Gasteiger partial charge in [-0.15, -0.1) is 0 Å². The van der Waals surface area contributed by atoms with Crippen LogP contribution in [0.5, 0.6) is 0 Å². The second-order valence-corrected chi connectivity index (χ2v) is 7.17. The monoisotopic (exact) mass is 355 g/mol. The molecule has 1 aliphatic carbocycles. The minimum atomic E-state index is -0.0355. The third-order valence-corrected chi connectivity index (χ3v) is 5.01. The van der Waals surface area contributed by atoms with Crippen molar-refractivity contribution < 1.29 is 4.74 Å². The van der Waals surface area contributed by atoms with Gasteiger partial charge in [-0.1, -0.05) is 33.1 Å². The molecule has 0 aromatic carbocycles. The Morgan fingerprint density at radius 3 is 2.48 bits per heavy atom. The van der Waals surface area contributed by atoms with Crippen LogP contribution in [-0.2, 0) is 11.2 Å². The van der Waals surface area contributed by atoms with Gasteiger partial charge < -0.3 is 10.5 Å². The van der Waals surface area contributed by atoms with Gasteiger partial charge >= 0.3 is 0 Å². The number of anilines is 1. The minimum Gasteiger partial charge on any atom is -0.383 e. The quantitative estimate of drug-likeness (QED) is 0.855. The molecule has 1 heterocycles. The molecule has 1 aromatic heterocycles. The van der Waals surface area contributed by atoms with Crippen LogP contribution in [0.1, 0.15) is 63.6 Å². The zero-order valence-corrected chi connectivity index (χ0v) is 14.8. The van der Waals surface area contributed by atoms with E-state index in [4.69, 9.17) is 15.5 Å². The second-order valence-electron chi connectivity index (χ2n) is 6.38. The van der Waals surface area contributed by atoms with E-state index < -0.39 is 0 Å². The van der Waals surface area contributed by atoms with Crippen molar-refractivity contribution in [2.24, 2.45) is 11.8 Å². The number of nitrogen functional groups attached to an aromatic ring is 1. The number of ether oxygens (including phenoxy) is 1. The summed E-state index contributed by atoms with van der Waals surface area (Å²) in [7, 11) is 1.75. The van der Waals surface area contributed by atoms with Crippen molar-refractivity contribution in [2.75, 3.05) is 12.8 Å². The lowest BCUT2D eigenvalue weighted by molar-refractivity contribution is 0.0288. The highest BCUT2D eigenvalue weighted by Gasteiger charge is 2.28. The van der Waals surface area contributed by atoms with Crippen LogP contribution in [0.25, 0.3) is 0 Å². The molecule has 4 nitrogen and oxygen atoms in total. The molecule has 0 radical (unpaired) electrons. The van der Waals surface area contributed by atoms with E-state index in [1.807, 2.05) is 0 Å². The van der Waals surface area contributed by atoms with Crippen LogP contribution in [0.2, 0.25) is 0 Å². The van der Waals surface area contributed by atoms with Crippen molar-refractivity contribution in [1.82, 2.24) is 9.97 Å². The van der Waals surface area contributed by atoms with Crippen molar-refractivity contribution in [1.29, 1.82) is 0 Å². The summed E-state index contributed by atoms with van der Waals surface area (Å²) in [5.41, 5.74) is 7.06. The summed E-state index contributed by atoms with van der Waals surface area (Å²) >= 11 is 3.52. The van der Waals surface area contributed by atoms with Crippen LogP contribution in [0.3, 0.4) is 0 Å². The van der Waals surface area contributed by atoms with Gasteiger partial charge in [-0.3, -0.25) is 0 Å². The maximum Gasteiger partial charge on any atom is 0.160 e. The van der Waals surface area contributed by atoms with E-state index in [1.165, 1.54) is 32.1 Å². The van der Waals surface area contributed by atoms with Crippen molar-refractivity contribution >= 4 is 21.7 Å². The summed E-state index contributed by atoms with van der Waals surface area (Å²) in [6.45, 7) is 4.36. The van der Waals surface area contributed by atoms with Crippen LogP contribution < -0.4 is 5.73 Å². The van der Waals surface area contributed by atoms with Gasteiger partial charge in [0.25, 0.3) is 0 Å². The third-order valence-electron chi connectivity index (χ3n) is 4.15. The normalized spacial score (nSPS) is 18.1. The molecule has 0 saturated heterocycles. The molecule has 21 heavy (non-hydrogen) atoms. The van der Waals surface area contributed by atoms with Crippen molar-refractivity contribution in [3.8, 4) is 0 Å². The van der Waals surface area contributed by atoms with E-state index >= 15 is 0 Å². The SMILES string of the molecule is COC(c1nc(N)c(Br)c(CC(C)C)n1)C1CCCCC1. The number of hydrogen-bond acceptors (Lipinski definition) is 4. The lowest BCUT2D eigenvalue weighted by Gasteiger charge is -2.28. The van der Waals surface area contributed by atoms with Crippen LogP contribution >= 0.6 is 15.9 Å². The summed E-state index contributed by atoms with van der Waals surface area (Å²) in [5.74, 6) is 2.31. The molecule has 1 atom stereocenters. The van der Waals surface area contributed by atoms with E-state index in [1.54, 1.807) is 7.11 Å². The molecule has 1 aromatic rings. The Labute approximate surface area is 136 Å². The summed E-state index contributed by atoms with van der Waals surface area (Å²) in [4.78, 5) is 9.24. The Bertz CT molecular complexity index is 473. The lowest BCUT2D eigenvalue weighted by Crippen LogP contribution is -2.21. The molecule has 0 aliphatic heterocycles. The minimum absolute atomic E-state index is 0.0355. The van der Waals surface area contributed by atoms with Crippen molar-refractivity contribution in [3.63, 3.8) is 0 Å². The largest absolute Gasteiger partial charge is 0.383 e. The number of aromatic nitrogens is 2. The van der Waals surface area contributed by atoms with Crippen LogP contribution in [-0.4, -0.2) is 17.1 Å². The van der Waals surface area contributed by atoms with E-state index in [0.717, 1.165) is 22.4 Å². The number of rotatable bonds is 5. The van der Waals surface area contributed by atoms with E-state index in [9.17, 15) is 0 Å². The first-order valence-electron chi connectivity index (χ1n) is 7.87. The van der Waals surface area contributed by atoms with E-state index in [2.05, 4.69) is 34.8 Å². The zero-order chi connectivity index (χ0) is 15.4. The van der Waals surface area contributed by atoms with Gasteiger partial charge in [-0.05, 0) is 47.0 Å². The second kappa shape index (κ2) is 7.54. The first-order chi connectivity index (χ1) is 10.0. The molecule has 118 valence electrons. The predicted octanol–water partition coefficient (Wildman–Crippen LogP) is 4.29. The topological polar surface area (TPSA) is 61.0 Å². The molecule has 0 amide bonds. The van der Waals surface area contributed by atoms with Gasteiger partial charge in [0.15, 0.2) is 5.82 Å². The highest BCUT2D eigenvalue weighted by atomic mass is 79.9. The average molecular weight is 356 g/mol. The summed E-state index contributed by atoms with van der Waals surface area (Å²) in [5, 5.41) is 0. The highest BCUT2D eigenvalue weighted by Crippen LogP contribution is 2.36. The van der Waals surface area contributed by atoms with Gasteiger partial charge in [-0.2, -0.15) is 0 Å². The fraction of sp³-hybridized carbons (Fsp3) is 0.750. The molecule has 1 fully saturated rings. The van der Waals surface area contributed by atoms with Gasteiger partial charge in [0.05, 0.1) is 10.2 Å². The first kappa shape index (κ1) is 16.7. The Kier molecular flexibility index (Phi) is 5.99. The van der Waals surface area contributed by atoms with Crippen molar-refractivity contribution in [2.45, 2.75) is 58.5 Å². The maximum atomic E-state index is 6.07. The Balaban J connectivity index is 2.29. The van der Waals surface area contributed by atoms with Crippen LogP contribution in [0.4, 0.5) is 5.82 Å². The number of methoxy groups -OCH3 is 1. The number of halogens is 1. The zero-order valence-electron chi connectivity index (χ0n) is 13.2. The first-order valence-corrected chi connectivity index (χ1v) is 8.66. The maximum absolute atomic E-state index is 6.07. The molecular formula is C16H26BrN3O. The average Bonchev–Trinajstić information content (AvgIpc) is 2.45. The van der Waals surface area contributed by atoms with Gasteiger partial charge in [0, 0.05) is 7.11 Å². The van der Waals surface area contributed by atoms with Gasteiger partial charge in [-0.25, -0.2) is 9.97 Å². The van der Waals surface area contributed by atoms with Gasteiger partial charge in [0.1, 0.15) is 11.9 Å². The van der Waals surface area contributed by atoms with Crippen LogP contribution in [0.15, 0.2) is 4.47 Å². The molecule has 0 spiro atoms. The third kappa shape index (κ3) is 4.16. The fourth-order valence-electron chi connectivity index (χ4n) is 3.13. The molecule has 1 aliphatic rings. The van der Waals surface area contributed by atoms with Gasteiger partial charge in [0.2, 0.25) is 0 Å². The number of nitrogens with zero attached hydrogens (tertiary/aromatic N) is 2. The Morgan fingerprint density at radius 2 is 1.90 bits per heavy atom. The highest BCUT2D eigenvalue weighted by molar-refractivity contribution is 9.10. The Hall–Kier alpha value is -0.680.